The molecule has 0 heterocycles. The molecule has 0 unspecified atom stereocenters. The van der Waals surface area contributed by atoms with Crippen molar-refractivity contribution in [3.63, 3.8) is 0 Å². The Morgan fingerprint density at radius 1 is 0.889 bits per heavy atom. The van der Waals surface area contributed by atoms with Gasteiger partial charge in [0.25, 0.3) is 0 Å². The highest BCUT2D eigenvalue weighted by Crippen LogP contribution is 2.18. The van der Waals surface area contributed by atoms with Crippen molar-refractivity contribution in [2.24, 2.45) is 0 Å². The molecule has 0 spiro atoms. The van der Waals surface area contributed by atoms with Crippen LogP contribution in [0.1, 0.15) is 16.7 Å². The van der Waals surface area contributed by atoms with Crippen LogP contribution in [0.25, 0.3) is 0 Å². The van der Waals surface area contributed by atoms with E-state index in [2.05, 4.69) is 0 Å². The van der Waals surface area contributed by atoms with Crippen molar-refractivity contribution in [1.29, 1.82) is 0 Å². The van der Waals surface area contributed by atoms with Gasteiger partial charge in [-0.2, -0.15) is 0 Å². The van der Waals surface area contributed by atoms with E-state index in [0.717, 1.165) is 5.56 Å². The molecule has 0 aromatic heterocycles. The van der Waals surface area contributed by atoms with Crippen molar-refractivity contribution < 1.29 is 13.5 Å². The van der Waals surface area contributed by atoms with Crippen LogP contribution in [0, 0.1) is 25.5 Å². The van der Waals surface area contributed by atoms with E-state index in [1.54, 1.807) is 38.1 Å². The summed E-state index contributed by atoms with van der Waals surface area (Å²) < 4.78 is 31.8. The summed E-state index contributed by atoms with van der Waals surface area (Å²) in [5.74, 6) is -0.0528. The molecule has 2 rings (SSSR count). The molecule has 0 aliphatic rings. The fraction of sp³-hybridized carbons (Fsp3) is 0.200. The average molecular weight is 248 g/mol. The molecule has 0 fully saturated rings. The zero-order valence-electron chi connectivity index (χ0n) is 10.3. The van der Waals surface area contributed by atoms with Crippen molar-refractivity contribution in [1.82, 2.24) is 0 Å². The Morgan fingerprint density at radius 3 is 2.33 bits per heavy atom. The Balaban J connectivity index is 2.06. The Hall–Kier alpha value is -1.90. The van der Waals surface area contributed by atoms with Gasteiger partial charge in [0.05, 0.1) is 0 Å². The maximum atomic E-state index is 13.3. The third-order valence-electron chi connectivity index (χ3n) is 2.77. The number of hydrogen-bond donors (Lipinski definition) is 0. The fourth-order valence-electron chi connectivity index (χ4n) is 1.63. The Morgan fingerprint density at radius 2 is 1.67 bits per heavy atom. The van der Waals surface area contributed by atoms with Crippen LogP contribution in [-0.4, -0.2) is 0 Å². The van der Waals surface area contributed by atoms with Gasteiger partial charge in [0.1, 0.15) is 24.0 Å². The van der Waals surface area contributed by atoms with Crippen LogP contribution in [0.5, 0.6) is 5.75 Å². The number of aryl methyl sites for hydroxylation is 2. The minimum Gasteiger partial charge on any atom is -0.489 e. The summed E-state index contributed by atoms with van der Waals surface area (Å²) in [6, 6.07) is 9.53. The minimum absolute atomic E-state index is 0.236. The standard InChI is InChI=1S/C15H14F2O/c1-10-3-5-13(8-15(10)17)18-9-12-4-6-14(16)11(2)7-12/h3-8H,9H2,1-2H3. The first-order chi connectivity index (χ1) is 8.56. The summed E-state index contributed by atoms with van der Waals surface area (Å²) in [4.78, 5) is 0. The lowest BCUT2D eigenvalue weighted by Gasteiger charge is -2.08. The molecule has 2 aromatic rings. The van der Waals surface area contributed by atoms with E-state index in [-0.39, 0.29) is 11.6 Å². The molecule has 0 atom stereocenters. The van der Waals surface area contributed by atoms with Crippen LogP contribution in [0.3, 0.4) is 0 Å². The maximum Gasteiger partial charge on any atom is 0.129 e. The largest absolute Gasteiger partial charge is 0.489 e. The van der Waals surface area contributed by atoms with Gasteiger partial charge in [-0.05, 0) is 48.7 Å². The third kappa shape index (κ3) is 2.86. The van der Waals surface area contributed by atoms with E-state index in [4.69, 9.17) is 4.74 Å². The van der Waals surface area contributed by atoms with E-state index >= 15 is 0 Å². The first-order valence-electron chi connectivity index (χ1n) is 5.70. The van der Waals surface area contributed by atoms with Crippen LogP contribution in [0.4, 0.5) is 8.78 Å². The monoisotopic (exact) mass is 248 g/mol. The van der Waals surface area contributed by atoms with E-state index in [9.17, 15) is 8.78 Å². The molecule has 94 valence electrons. The highest BCUT2D eigenvalue weighted by molar-refractivity contribution is 5.29. The van der Waals surface area contributed by atoms with Gasteiger partial charge in [-0.3, -0.25) is 0 Å². The predicted octanol–water partition coefficient (Wildman–Crippen LogP) is 4.16. The molecule has 0 aliphatic heterocycles. The lowest BCUT2D eigenvalue weighted by molar-refractivity contribution is 0.304. The summed E-state index contributed by atoms with van der Waals surface area (Å²) in [7, 11) is 0. The van der Waals surface area contributed by atoms with Crippen LogP contribution in [0.2, 0.25) is 0 Å². The van der Waals surface area contributed by atoms with Gasteiger partial charge in [-0.25, -0.2) is 8.78 Å². The molecule has 0 saturated heterocycles. The molecule has 0 amide bonds. The molecule has 0 N–H and O–H groups in total. The Kier molecular flexibility index (Phi) is 3.60. The number of benzene rings is 2. The zero-order chi connectivity index (χ0) is 13.1. The van der Waals surface area contributed by atoms with Gasteiger partial charge in [0.2, 0.25) is 0 Å². The van der Waals surface area contributed by atoms with Gasteiger partial charge in [-0.1, -0.05) is 12.1 Å². The normalized spacial score (nSPS) is 10.4. The minimum atomic E-state index is -0.289. The van der Waals surface area contributed by atoms with Crippen LogP contribution >= 0.6 is 0 Å². The van der Waals surface area contributed by atoms with Gasteiger partial charge in [-0.15, -0.1) is 0 Å². The molecular formula is C15H14F2O. The maximum absolute atomic E-state index is 13.3. The van der Waals surface area contributed by atoms with Gasteiger partial charge < -0.3 is 4.74 Å². The SMILES string of the molecule is Cc1cc(COc2ccc(C)c(F)c2)ccc1F. The summed E-state index contributed by atoms with van der Waals surface area (Å²) in [5, 5.41) is 0. The molecular weight excluding hydrogens is 234 g/mol. The Bertz CT molecular complexity index is 513. The van der Waals surface area contributed by atoms with Crippen LogP contribution in [-0.2, 0) is 6.61 Å². The van der Waals surface area contributed by atoms with Gasteiger partial charge in [0, 0.05) is 6.07 Å². The number of halogens is 2. The highest BCUT2D eigenvalue weighted by atomic mass is 19.1. The lowest BCUT2D eigenvalue weighted by atomic mass is 10.1. The Labute approximate surface area is 105 Å². The number of ether oxygens (including phenoxy) is 1. The molecule has 0 bridgehead atoms. The molecule has 18 heavy (non-hydrogen) atoms. The van der Waals surface area contributed by atoms with E-state index in [1.807, 2.05) is 0 Å². The first kappa shape index (κ1) is 12.6. The van der Waals surface area contributed by atoms with Crippen molar-refractivity contribution in [2.45, 2.75) is 20.5 Å². The summed E-state index contributed by atoms with van der Waals surface area (Å²) >= 11 is 0. The second kappa shape index (κ2) is 5.17. The van der Waals surface area contributed by atoms with Gasteiger partial charge >= 0.3 is 0 Å². The smallest absolute Gasteiger partial charge is 0.129 e. The van der Waals surface area contributed by atoms with Crippen molar-refractivity contribution in [2.75, 3.05) is 0 Å². The molecule has 3 heteroatoms. The highest BCUT2D eigenvalue weighted by Gasteiger charge is 2.02. The van der Waals surface area contributed by atoms with Crippen molar-refractivity contribution >= 4 is 0 Å². The molecule has 2 aromatic carbocycles. The van der Waals surface area contributed by atoms with Crippen molar-refractivity contribution in [3.05, 3.63) is 64.7 Å². The fourth-order valence-corrected chi connectivity index (χ4v) is 1.63. The van der Waals surface area contributed by atoms with Gasteiger partial charge in [0.15, 0.2) is 0 Å². The summed E-state index contributed by atoms with van der Waals surface area (Å²) in [5.41, 5.74) is 2.01. The third-order valence-corrected chi connectivity index (χ3v) is 2.77. The topological polar surface area (TPSA) is 9.23 Å². The molecule has 0 aliphatic carbocycles. The summed E-state index contributed by atoms with van der Waals surface area (Å²) in [6.45, 7) is 3.69. The number of hydrogen-bond acceptors (Lipinski definition) is 1. The van der Waals surface area contributed by atoms with E-state index in [0.29, 0.717) is 23.5 Å². The molecule has 0 radical (unpaired) electrons. The van der Waals surface area contributed by atoms with Crippen LogP contribution in [0.15, 0.2) is 36.4 Å². The predicted molar refractivity (Wildman–Crippen MR) is 66.6 cm³/mol. The average Bonchev–Trinajstić information content (AvgIpc) is 2.35. The van der Waals surface area contributed by atoms with Crippen LogP contribution < -0.4 is 4.74 Å². The number of rotatable bonds is 3. The second-order valence-electron chi connectivity index (χ2n) is 4.28. The van der Waals surface area contributed by atoms with Crippen molar-refractivity contribution in [3.8, 4) is 5.75 Å². The second-order valence-corrected chi connectivity index (χ2v) is 4.28. The molecule has 1 nitrogen and oxygen atoms in total. The van der Waals surface area contributed by atoms with E-state index in [1.165, 1.54) is 12.1 Å². The first-order valence-corrected chi connectivity index (χ1v) is 5.70. The zero-order valence-corrected chi connectivity index (χ0v) is 10.3. The quantitative estimate of drug-likeness (QED) is 0.792. The lowest BCUT2D eigenvalue weighted by Crippen LogP contribution is -1.97. The summed E-state index contributed by atoms with van der Waals surface area (Å²) in [6.07, 6.45) is 0. The molecule has 0 saturated carbocycles. The van der Waals surface area contributed by atoms with E-state index < -0.39 is 0 Å².